The maximum Gasteiger partial charge on any atom is 0.237 e. The van der Waals surface area contributed by atoms with Crippen molar-refractivity contribution in [3.8, 4) is 0 Å². The number of halogens is 1. The van der Waals surface area contributed by atoms with Crippen molar-refractivity contribution < 1.29 is 9.53 Å². The van der Waals surface area contributed by atoms with Gasteiger partial charge in [0.15, 0.2) is 0 Å². The first-order chi connectivity index (χ1) is 5.22. The van der Waals surface area contributed by atoms with Gasteiger partial charge in [-0.3, -0.25) is 4.79 Å². The predicted molar refractivity (Wildman–Crippen MR) is 45.5 cm³/mol. The first-order valence-corrected chi connectivity index (χ1v) is 4.64. The highest BCUT2D eigenvalue weighted by atomic mass is 79.9. The highest BCUT2D eigenvalue weighted by Gasteiger charge is 2.19. The molecule has 1 fully saturated rings. The van der Waals surface area contributed by atoms with Crippen molar-refractivity contribution in [2.75, 3.05) is 19.9 Å². The van der Waals surface area contributed by atoms with Gasteiger partial charge in [-0.05, 0) is 13.3 Å². The number of amides is 1. The minimum absolute atomic E-state index is 0.0933. The Balaban J connectivity index is 2.39. The van der Waals surface area contributed by atoms with E-state index in [0.29, 0.717) is 6.73 Å². The number of ether oxygens (including phenoxy) is 1. The molecule has 1 aliphatic rings. The van der Waals surface area contributed by atoms with Crippen LogP contribution in [0.4, 0.5) is 0 Å². The zero-order valence-electron chi connectivity index (χ0n) is 6.55. The average Bonchev–Trinajstić information content (AvgIpc) is 2.05. The SMILES string of the molecule is CC(Br)C(=O)N1CCCOC1. The molecule has 1 amide bonds. The third-order valence-electron chi connectivity index (χ3n) is 1.62. The van der Waals surface area contributed by atoms with Crippen LogP contribution in [0.5, 0.6) is 0 Å². The molecule has 1 rings (SSSR count). The summed E-state index contributed by atoms with van der Waals surface area (Å²) in [5, 5.41) is 0. The van der Waals surface area contributed by atoms with Crippen LogP contribution in [0, 0.1) is 0 Å². The van der Waals surface area contributed by atoms with Gasteiger partial charge >= 0.3 is 0 Å². The number of carbonyl (C=O) groups excluding carboxylic acids is 1. The van der Waals surface area contributed by atoms with Crippen LogP contribution in [0.2, 0.25) is 0 Å². The average molecular weight is 222 g/mol. The molecule has 0 aromatic carbocycles. The molecular weight excluding hydrogens is 210 g/mol. The third kappa shape index (κ3) is 2.45. The molecule has 64 valence electrons. The van der Waals surface area contributed by atoms with Crippen molar-refractivity contribution >= 4 is 21.8 Å². The smallest absolute Gasteiger partial charge is 0.237 e. The summed E-state index contributed by atoms with van der Waals surface area (Å²) in [6.07, 6.45) is 0.950. The van der Waals surface area contributed by atoms with Gasteiger partial charge in [0.2, 0.25) is 5.91 Å². The minimum Gasteiger partial charge on any atom is -0.361 e. The number of hydrogen-bond donors (Lipinski definition) is 0. The second kappa shape index (κ2) is 4.07. The van der Waals surface area contributed by atoms with E-state index in [9.17, 15) is 4.79 Å². The monoisotopic (exact) mass is 221 g/mol. The topological polar surface area (TPSA) is 29.5 Å². The molecule has 1 unspecified atom stereocenters. The van der Waals surface area contributed by atoms with E-state index in [-0.39, 0.29) is 10.7 Å². The molecule has 1 aliphatic heterocycles. The molecule has 0 aromatic heterocycles. The van der Waals surface area contributed by atoms with Crippen LogP contribution >= 0.6 is 15.9 Å². The van der Waals surface area contributed by atoms with Gasteiger partial charge in [-0.2, -0.15) is 0 Å². The van der Waals surface area contributed by atoms with Gasteiger partial charge in [-0.25, -0.2) is 0 Å². The zero-order valence-corrected chi connectivity index (χ0v) is 8.13. The quantitative estimate of drug-likeness (QED) is 0.619. The van der Waals surface area contributed by atoms with Crippen LogP contribution in [0.25, 0.3) is 0 Å². The Morgan fingerprint density at radius 2 is 2.45 bits per heavy atom. The molecule has 0 N–H and O–H groups in total. The summed E-state index contributed by atoms with van der Waals surface area (Å²) in [6.45, 7) is 3.89. The number of nitrogens with zero attached hydrogens (tertiary/aromatic N) is 1. The zero-order chi connectivity index (χ0) is 8.27. The number of alkyl halides is 1. The van der Waals surface area contributed by atoms with Crippen LogP contribution in [0.15, 0.2) is 0 Å². The van der Waals surface area contributed by atoms with Crippen molar-refractivity contribution in [2.24, 2.45) is 0 Å². The molecule has 1 atom stereocenters. The Bertz CT molecular complexity index is 143. The van der Waals surface area contributed by atoms with E-state index in [2.05, 4.69) is 15.9 Å². The fourth-order valence-electron chi connectivity index (χ4n) is 1.02. The molecule has 1 heterocycles. The second-order valence-corrected chi connectivity index (χ2v) is 3.98. The van der Waals surface area contributed by atoms with E-state index < -0.39 is 0 Å². The Labute approximate surface area is 74.8 Å². The normalized spacial score (nSPS) is 21.5. The lowest BCUT2D eigenvalue weighted by Gasteiger charge is -2.27. The van der Waals surface area contributed by atoms with Crippen molar-refractivity contribution in [1.82, 2.24) is 4.90 Å². The summed E-state index contributed by atoms with van der Waals surface area (Å²) < 4.78 is 5.14. The third-order valence-corrected chi connectivity index (χ3v) is 2.01. The maximum atomic E-state index is 11.3. The first kappa shape index (κ1) is 9.00. The molecule has 0 saturated carbocycles. The summed E-state index contributed by atoms with van der Waals surface area (Å²) in [5.41, 5.74) is 0. The summed E-state index contributed by atoms with van der Waals surface area (Å²) in [7, 11) is 0. The highest BCUT2D eigenvalue weighted by molar-refractivity contribution is 9.10. The van der Waals surface area contributed by atoms with Gasteiger partial charge in [0.05, 0.1) is 11.4 Å². The summed E-state index contributed by atoms with van der Waals surface area (Å²) >= 11 is 3.23. The lowest BCUT2D eigenvalue weighted by Crippen LogP contribution is -2.41. The molecule has 3 nitrogen and oxygen atoms in total. The van der Waals surface area contributed by atoms with E-state index in [0.717, 1.165) is 19.6 Å². The molecule has 0 spiro atoms. The molecule has 0 aromatic rings. The standard InChI is InChI=1S/C7H12BrNO2/c1-6(8)7(10)9-3-2-4-11-5-9/h6H,2-5H2,1H3. The Morgan fingerprint density at radius 1 is 1.73 bits per heavy atom. The lowest BCUT2D eigenvalue weighted by atomic mass is 10.3. The van der Waals surface area contributed by atoms with Gasteiger partial charge in [0, 0.05) is 6.54 Å². The molecule has 0 radical (unpaired) electrons. The van der Waals surface area contributed by atoms with E-state index in [1.165, 1.54) is 0 Å². The second-order valence-electron chi connectivity index (χ2n) is 2.61. The maximum absolute atomic E-state index is 11.3. The lowest BCUT2D eigenvalue weighted by molar-refractivity contribution is -0.139. The fourth-order valence-corrected chi connectivity index (χ4v) is 1.31. The largest absolute Gasteiger partial charge is 0.361 e. The molecule has 0 aliphatic carbocycles. The van der Waals surface area contributed by atoms with Crippen LogP contribution in [-0.2, 0) is 9.53 Å². The number of rotatable bonds is 1. The Morgan fingerprint density at radius 3 is 2.91 bits per heavy atom. The van der Waals surface area contributed by atoms with E-state index in [1.54, 1.807) is 4.90 Å². The molecule has 11 heavy (non-hydrogen) atoms. The first-order valence-electron chi connectivity index (χ1n) is 3.72. The Hall–Kier alpha value is -0.0900. The van der Waals surface area contributed by atoms with Crippen LogP contribution in [0.3, 0.4) is 0 Å². The fraction of sp³-hybridized carbons (Fsp3) is 0.857. The van der Waals surface area contributed by atoms with E-state index in [1.807, 2.05) is 6.92 Å². The Kier molecular flexibility index (Phi) is 3.33. The van der Waals surface area contributed by atoms with E-state index in [4.69, 9.17) is 4.74 Å². The molecule has 0 bridgehead atoms. The number of carbonyl (C=O) groups is 1. The predicted octanol–water partition coefficient (Wildman–Crippen LogP) is 0.976. The van der Waals surface area contributed by atoms with Gasteiger partial charge in [-0.15, -0.1) is 0 Å². The minimum atomic E-state index is -0.0933. The number of hydrogen-bond acceptors (Lipinski definition) is 2. The van der Waals surface area contributed by atoms with Crippen molar-refractivity contribution in [3.05, 3.63) is 0 Å². The van der Waals surface area contributed by atoms with Crippen LogP contribution < -0.4 is 0 Å². The highest BCUT2D eigenvalue weighted by Crippen LogP contribution is 2.07. The van der Waals surface area contributed by atoms with E-state index >= 15 is 0 Å². The van der Waals surface area contributed by atoms with Gasteiger partial charge < -0.3 is 9.64 Å². The summed E-state index contributed by atoms with van der Waals surface area (Å²) in [5.74, 6) is 0.115. The molecular formula is C7H12BrNO2. The molecule has 1 saturated heterocycles. The van der Waals surface area contributed by atoms with Gasteiger partial charge in [0.25, 0.3) is 0 Å². The van der Waals surface area contributed by atoms with Crippen molar-refractivity contribution in [1.29, 1.82) is 0 Å². The molecule has 4 heteroatoms. The van der Waals surface area contributed by atoms with Crippen LogP contribution in [-0.4, -0.2) is 35.5 Å². The van der Waals surface area contributed by atoms with Gasteiger partial charge in [-0.1, -0.05) is 15.9 Å². The van der Waals surface area contributed by atoms with Crippen molar-refractivity contribution in [2.45, 2.75) is 18.2 Å². The summed E-state index contributed by atoms with van der Waals surface area (Å²) in [6, 6.07) is 0. The van der Waals surface area contributed by atoms with Crippen molar-refractivity contribution in [3.63, 3.8) is 0 Å². The summed E-state index contributed by atoms with van der Waals surface area (Å²) in [4.78, 5) is 12.9. The van der Waals surface area contributed by atoms with Crippen LogP contribution in [0.1, 0.15) is 13.3 Å². The van der Waals surface area contributed by atoms with Gasteiger partial charge in [0.1, 0.15) is 6.73 Å².